The Morgan fingerprint density at radius 3 is 2.67 bits per heavy atom. The summed E-state index contributed by atoms with van der Waals surface area (Å²) in [6, 6.07) is 11.6. The van der Waals surface area contributed by atoms with Crippen LogP contribution in [0.3, 0.4) is 0 Å². The lowest BCUT2D eigenvalue weighted by Crippen LogP contribution is -2.28. The first-order valence-corrected chi connectivity index (χ1v) is 7.72. The summed E-state index contributed by atoms with van der Waals surface area (Å²) in [6.45, 7) is 3.34. The zero-order valence-electron chi connectivity index (χ0n) is 12.7. The fourth-order valence-electron chi connectivity index (χ4n) is 4.34. The predicted octanol–water partition coefficient (Wildman–Crippen LogP) is 3.11. The van der Waals surface area contributed by atoms with Gasteiger partial charge < -0.3 is 9.32 Å². The lowest BCUT2D eigenvalue weighted by atomic mass is 9.94. The van der Waals surface area contributed by atoms with Gasteiger partial charge in [-0.25, -0.2) is 0 Å². The van der Waals surface area contributed by atoms with Crippen LogP contribution in [0, 0.1) is 5.92 Å². The Labute approximate surface area is 126 Å². The third-order valence-corrected chi connectivity index (χ3v) is 5.10. The highest BCUT2D eigenvalue weighted by atomic mass is 16.3. The van der Waals surface area contributed by atoms with Crippen LogP contribution in [0.15, 0.2) is 47.3 Å². The molecule has 1 aromatic heterocycles. The molecule has 3 nitrogen and oxygen atoms in total. The molecule has 3 atom stereocenters. The first-order valence-electron chi connectivity index (χ1n) is 7.72. The fraction of sp³-hybridized carbons (Fsp3) is 0.444. The molecule has 2 heterocycles. The van der Waals surface area contributed by atoms with E-state index in [2.05, 4.69) is 54.2 Å². The van der Waals surface area contributed by atoms with Gasteiger partial charge in [0.2, 0.25) is 0 Å². The summed E-state index contributed by atoms with van der Waals surface area (Å²) in [7, 11) is 4.42. The molecule has 1 aliphatic carbocycles. The third-order valence-electron chi connectivity index (χ3n) is 5.10. The highest BCUT2D eigenvalue weighted by Crippen LogP contribution is 2.51. The van der Waals surface area contributed by atoms with Gasteiger partial charge in [0.05, 0.1) is 12.5 Å². The predicted molar refractivity (Wildman–Crippen MR) is 83.1 cm³/mol. The minimum Gasteiger partial charge on any atom is -0.472 e. The molecule has 0 N–H and O–H groups in total. The van der Waals surface area contributed by atoms with Gasteiger partial charge in [0.25, 0.3) is 0 Å². The topological polar surface area (TPSA) is 19.6 Å². The van der Waals surface area contributed by atoms with Crippen molar-refractivity contribution in [2.24, 2.45) is 5.92 Å². The minimum atomic E-state index is 0.556. The van der Waals surface area contributed by atoms with E-state index in [-0.39, 0.29) is 0 Å². The van der Waals surface area contributed by atoms with Crippen LogP contribution in [-0.4, -0.2) is 37.0 Å². The summed E-state index contributed by atoms with van der Waals surface area (Å²) in [5.41, 5.74) is 4.39. The van der Waals surface area contributed by atoms with Crippen molar-refractivity contribution in [3.05, 3.63) is 59.5 Å². The quantitative estimate of drug-likeness (QED) is 0.862. The molecule has 1 aromatic carbocycles. The molecule has 2 aromatic rings. The minimum absolute atomic E-state index is 0.556. The molecule has 2 aliphatic rings. The number of likely N-dealkylation sites (tertiary alicyclic amines) is 1. The average molecular weight is 282 g/mol. The Morgan fingerprint density at radius 1 is 1.14 bits per heavy atom. The summed E-state index contributed by atoms with van der Waals surface area (Å²) in [4.78, 5) is 4.97. The second kappa shape index (κ2) is 5.00. The van der Waals surface area contributed by atoms with Crippen LogP contribution < -0.4 is 0 Å². The smallest absolute Gasteiger partial charge is 0.0947 e. The summed E-state index contributed by atoms with van der Waals surface area (Å²) in [5, 5.41) is 0. The van der Waals surface area contributed by atoms with Crippen molar-refractivity contribution in [3.63, 3.8) is 0 Å². The SMILES string of the molecule is CN(C)[C@H]1c2ccccc2[C@@H]2CN(Cc3ccoc3)C[C@@H]21. The van der Waals surface area contributed by atoms with E-state index in [1.54, 1.807) is 17.4 Å². The molecule has 0 bridgehead atoms. The maximum Gasteiger partial charge on any atom is 0.0947 e. The van der Waals surface area contributed by atoms with E-state index in [9.17, 15) is 0 Å². The molecule has 0 radical (unpaired) electrons. The Kier molecular flexibility index (Phi) is 3.12. The summed E-state index contributed by atoms with van der Waals surface area (Å²) < 4.78 is 5.20. The monoisotopic (exact) mass is 282 g/mol. The molecule has 110 valence electrons. The average Bonchev–Trinajstić information content (AvgIpc) is 3.14. The van der Waals surface area contributed by atoms with Crippen molar-refractivity contribution in [3.8, 4) is 0 Å². The van der Waals surface area contributed by atoms with E-state index in [0.29, 0.717) is 17.9 Å². The van der Waals surface area contributed by atoms with Gasteiger partial charge in [-0.1, -0.05) is 24.3 Å². The first kappa shape index (κ1) is 13.1. The second-order valence-electron chi connectivity index (χ2n) is 6.63. The van der Waals surface area contributed by atoms with Crippen molar-refractivity contribution >= 4 is 0 Å². The van der Waals surface area contributed by atoms with Gasteiger partial charge in [0, 0.05) is 37.2 Å². The van der Waals surface area contributed by atoms with Gasteiger partial charge in [-0.05, 0) is 37.2 Å². The molecule has 0 unspecified atom stereocenters. The first-order chi connectivity index (χ1) is 10.2. The van der Waals surface area contributed by atoms with E-state index in [1.165, 1.54) is 12.1 Å². The highest BCUT2D eigenvalue weighted by Gasteiger charge is 2.46. The summed E-state index contributed by atoms with van der Waals surface area (Å²) >= 11 is 0. The van der Waals surface area contributed by atoms with E-state index >= 15 is 0 Å². The molecule has 1 fully saturated rings. The second-order valence-corrected chi connectivity index (χ2v) is 6.63. The van der Waals surface area contributed by atoms with E-state index in [1.807, 2.05) is 6.26 Å². The number of hydrogen-bond acceptors (Lipinski definition) is 3. The molecule has 1 saturated heterocycles. The van der Waals surface area contributed by atoms with Gasteiger partial charge in [-0.15, -0.1) is 0 Å². The van der Waals surface area contributed by atoms with E-state index in [0.717, 1.165) is 13.1 Å². The Balaban J connectivity index is 1.61. The van der Waals surface area contributed by atoms with Crippen LogP contribution in [-0.2, 0) is 6.54 Å². The van der Waals surface area contributed by atoms with Crippen molar-refractivity contribution < 1.29 is 4.42 Å². The number of furan rings is 1. The fourth-order valence-corrected chi connectivity index (χ4v) is 4.34. The Morgan fingerprint density at radius 2 is 1.95 bits per heavy atom. The summed E-state index contributed by atoms with van der Waals surface area (Å²) in [5.74, 6) is 1.39. The zero-order valence-corrected chi connectivity index (χ0v) is 12.7. The van der Waals surface area contributed by atoms with Crippen LogP contribution in [0.5, 0.6) is 0 Å². The molecular formula is C18H22N2O. The normalized spacial score (nSPS) is 28.0. The largest absolute Gasteiger partial charge is 0.472 e. The van der Waals surface area contributed by atoms with Crippen molar-refractivity contribution in [2.75, 3.05) is 27.2 Å². The number of benzene rings is 1. The molecule has 0 spiro atoms. The van der Waals surface area contributed by atoms with Crippen LogP contribution in [0.1, 0.15) is 28.7 Å². The van der Waals surface area contributed by atoms with Crippen molar-refractivity contribution in [1.82, 2.24) is 9.80 Å². The van der Waals surface area contributed by atoms with Gasteiger partial charge in [-0.2, -0.15) is 0 Å². The maximum atomic E-state index is 5.20. The van der Waals surface area contributed by atoms with Crippen LogP contribution >= 0.6 is 0 Å². The summed E-state index contributed by atoms with van der Waals surface area (Å²) in [6.07, 6.45) is 3.63. The Bertz CT molecular complexity index is 620. The molecule has 1 aliphatic heterocycles. The highest BCUT2D eigenvalue weighted by molar-refractivity contribution is 5.41. The molecule has 4 rings (SSSR count). The van der Waals surface area contributed by atoms with Gasteiger partial charge >= 0.3 is 0 Å². The Hall–Kier alpha value is -1.58. The lowest BCUT2D eigenvalue weighted by molar-refractivity contribution is 0.212. The molecule has 0 saturated carbocycles. The van der Waals surface area contributed by atoms with Crippen molar-refractivity contribution in [1.29, 1.82) is 0 Å². The van der Waals surface area contributed by atoms with E-state index < -0.39 is 0 Å². The van der Waals surface area contributed by atoms with Crippen LogP contribution in [0.2, 0.25) is 0 Å². The van der Waals surface area contributed by atoms with Gasteiger partial charge in [-0.3, -0.25) is 4.90 Å². The lowest BCUT2D eigenvalue weighted by Gasteiger charge is -2.27. The van der Waals surface area contributed by atoms with Gasteiger partial charge in [0.1, 0.15) is 0 Å². The van der Waals surface area contributed by atoms with Gasteiger partial charge in [0.15, 0.2) is 0 Å². The number of hydrogen-bond donors (Lipinski definition) is 0. The number of fused-ring (bicyclic) bond motifs is 3. The molecule has 21 heavy (non-hydrogen) atoms. The molecule has 3 heteroatoms. The third kappa shape index (κ3) is 2.12. The van der Waals surface area contributed by atoms with Crippen LogP contribution in [0.4, 0.5) is 0 Å². The van der Waals surface area contributed by atoms with Crippen molar-refractivity contribution in [2.45, 2.75) is 18.5 Å². The zero-order chi connectivity index (χ0) is 14.4. The standard InChI is InChI=1S/C18H22N2O/c1-19(2)18-15-6-4-3-5-14(15)16-10-20(11-17(16)18)9-13-7-8-21-12-13/h3-8,12,16-18H,9-11H2,1-2H3/t16-,17-,18-/m0/s1. The maximum absolute atomic E-state index is 5.20. The van der Waals surface area contributed by atoms with Crippen LogP contribution in [0.25, 0.3) is 0 Å². The molecule has 0 amide bonds. The molecular weight excluding hydrogens is 260 g/mol. The number of nitrogens with zero attached hydrogens (tertiary/aromatic N) is 2. The number of rotatable bonds is 3. The van der Waals surface area contributed by atoms with E-state index in [4.69, 9.17) is 4.42 Å².